The van der Waals surface area contributed by atoms with Crippen LogP contribution in [0.15, 0.2) is 0 Å². The van der Waals surface area contributed by atoms with Crippen LogP contribution in [0.3, 0.4) is 0 Å². The van der Waals surface area contributed by atoms with Crippen LogP contribution in [0.1, 0.15) is 213 Å². The van der Waals surface area contributed by atoms with Crippen molar-refractivity contribution < 1.29 is 107 Å². The average molecular weight is 990 g/mol. The number of carbonyl (C=O) groups is 3. The zero-order valence-corrected chi connectivity index (χ0v) is 44.5. The molecule has 0 aliphatic carbocycles. The molecule has 2 saturated heterocycles. The number of ether oxygens (including phenoxy) is 5. The summed E-state index contributed by atoms with van der Waals surface area (Å²) in [6, 6.07) is -1.50. The second kappa shape index (κ2) is 38.9. The molecule has 2 aliphatic rings. The van der Waals surface area contributed by atoms with Crippen molar-refractivity contribution in [2.75, 3.05) is 13.2 Å². The van der Waals surface area contributed by atoms with Crippen LogP contribution in [-0.2, 0) is 47.2 Å². The predicted molar refractivity (Wildman–Crippen MR) is 247 cm³/mol. The summed E-state index contributed by atoms with van der Waals surface area (Å²) >= 11 is 0. The fourth-order valence-electron chi connectivity index (χ4n) is 8.52. The molecule has 0 radical (unpaired) electrons. The Hall–Kier alpha value is -0.760. The van der Waals surface area contributed by atoms with Crippen LogP contribution in [0.25, 0.3) is 0 Å². The monoisotopic (exact) mass is 990 g/mol. The Kier molecular flexibility index (Phi) is 37.3. The molecule has 11 atom stereocenters. The normalized spacial score (nSPS) is 26.0. The SMILES string of the molecule is CCCCCCCCCCCC(=O)N[C@H]1[C@H](OC(=O)CCCCCCCCCCC)O[C@H](CO[C@H]2O[C@H](CO)[C@@H](O)[C@H](O)[C@H]2O)[C@@H](OP(=O)([O-])O)[C@@H]1OC(=O)CCCCCCCCCCC.[Na+]. The molecule has 0 aromatic carbocycles. The van der Waals surface area contributed by atoms with Gasteiger partial charge >= 0.3 is 41.5 Å². The van der Waals surface area contributed by atoms with Crippen LogP contribution in [0, 0.1) is 0 Å². The largest absolute Gasteiger partial charge is 1.00 e. The minimum Gasteiger partial charge on any atom is -0.756 e. The van der Waals surface area contributed by atoms with E-state index in [0.29, 0.717) is 19.3 Å². The molecule has 2 aliphatic heterocycles. The number of rotatable bonds is 39. The zero-order valence-electron chi connectivity index (χ0n) is 41.6. The Labute approximate surface area is 423 Å². The van der Waals surface area contributed by atoms with Gasteiger partial charge < -0.3 is 63.7 Å². The van der Waals surface area contributed by atoms with Crippen LogP contribution in [0.4, 0.5) is 0 Å². The molecule has 2 rings (SSSR count). The number of unbranched alkanes of at least 4 members (excludes halogenated alkanes) is 24. The van der Waals surface area contributed by atoms with Crippen molar-refractivity contribution in [2.24, 2.45) is 0 Å². The molecule has 0 spiro atoms. The van der Waals surface area contributed by atoms with E-state index >= 15 is 0 Å². The molecule has 17 nitrogen and oxygen atoms in total. The molecule has 388 valence electrons. The molecule has 1 amide bonds. The third-order valence-electron chi connectivity index (χ3n) is 12.5. The molecular weight excluding hydrogens is 900 g/mol. The van der Waals surface area contributed by atoms with Crippen molar-refractivity contribution in [3.05, 3.63) is 0 Å². The number of hydrogen-bond donors (Lipinski definition) is 6. The summed E-state index contributed by atoms with van der Waals surface area (Å²) in [4.78, 5) is 63.4. The summed E-state index contributed by atoms with van der Waals surface area (Å²) in [5.74, 6) is -1.95. The smallest absolute Gasteiger partial charge is 0.756 e. The number of phosphoric acid groups is 1. The predicted octanol–water partition coefficient (Wildman–Crippen LogP) is 4.08. The number of phosphoric ester groups is 1. The van der Waals surface area contributed by atoms with Gasteiger partial charge in [0, 0.05) is 19.3 Å². The van der Waals surface area contributed by atoms with Gasteiger partial charge in [-0.2, -0.15) is 0 Å². The second-order valence-electron chi connectivity index (χ2n) is 18.4. The van der Waals surface area contributed by atoms with Gasteiger partial charge in [0.25, 0.3) is 7.82 Å². The number of aliphatic hydroxyl groups excluding tert-OH is 4. The zero-order chi connectivity index (χ0) is 48.6. The summed E-state index contributed by atoms with van der Waals surface area (Å²) < 4.78 is 46.8. The first-order valence-corrected chi connectivity index (χ1v) is 27.2. The van der Waals surface area contributed by atoms with E-state index in [9.17, 15) is 49.2 Å². The molecule has 67 heavy (non-hydrogen) atoms. The number of aliphatic hydroxyl groups is 4. The average Bonchev–Trinajstić information content (AvgIpc) is 3.28. The van der Waals surface area contributed by atoms with Crippen molar-refractivity contribution in [1.82, 2.24) is 5.32 Å². The third-order valence-corrected chi connectivity index (χ3v) is 13.0. The van der Waals surface area contributed by atoms with Gasteiger partial charge in [0.15, 0.2) is 12.4 Å². The number of carbonyl (C=O) groups excluding carboxylic acids is 3. The standard InChI is InChI=1S/C48H90NO16P.Na/c1-4-7-10-13-16-19-22-25-28-31-38(51)49-41-46(63-39(52)32-29-26-23-20-17-14-11-8-5-2)45(65-66(57,58)59)37(35-60-48-44(56)43(55)42(54)36(34-50)61-48)62-47(41)64-40(53)33-30-27-24-21-18-15-12-9-6-3;/h36-37,41-48,50,54-56H,4-35H2,1-3H3,(H,49,51)(H2,57,58,59);/q;+1/p-1/t36-,37-,41-,42-,43+,44-,45-,46-,47+,48+;/m1./s1. The molecular formula is C48H89NNaO16P. The molecule has 6 N–H and O–H groups in total. The Morgan fingerprint density at radius 1 is 0.552 bits per heavy atom. The maximum absolute atomic E-state index is 13.7. The third kappa shape index (κ3) is 28.2. The van der Waals surface area contributed by atoms with E-state index in [-0.39, 0.29) is 48.8 Å². The summed E-state index contributed by atoms with van der Waals surface area (Å²) in [6.45, 7) is 5.00. The van der Waals surface area contributed by atoms with Gasteiger partial charge in [-0.25, -0.2) is 0 Å². The van der Waals surface area contributed by atoms with Crippen molar-refractivity contribution in [3.8, 4) is 0 Å². The van der Waals surface area contributed by atoms with Crippen molar-refractivity contribution in [2.45, 2.75) is 275 Å². The van der Waals surface area contributed by atoms with E-state index in [1.165, 1.54) is 51.4 Å². The van der Waals surface area contributed by atoms with Gasteiger partial charge in [0.1, 0.15) is 42.7 Å². The summed E-state index contributed by atoms with van der Waals surface area (Å²) in [6.07, 6.45) is 11.7. The topological polar surface area (TPSA) is 260 Å². The van der Waals surface area contributed by atoms with Crippen LogP contribution in [-0.4, -0.2) is 118 Å². The molecule has 2 heterocycles. The fourth-order valence-corrected chi connectivity index (χ4v) is 9.08. The van der Waals surface area contributed by atoms with Gasteiger partial charge in [0.05, 0.1) is 13.2 Å². The Balaban J connectivity index is 0.0000224. The fraction of sp³-hybridized carbons (Fsp3) is 0.938. The number of nitrogens with one attached hydrogen (secondary N) is 1. The number of esters is 2. The van der Waals surface area contributed by atoms with Gasteiger partial charge in [-0.15, -0.1) is 0 Å². The molecule has 2 fully saturated rings. The van der Waals surface area contributed by atoms with Crippen LogP contribution >= 0.6 is 7.82 Å². The summed E-state index contributed by atoms with van der Waals surface area (Å²) in [7, 11) is -5.66. The Morgan fingerprint density at radius 2 is 0.955 bits per heavy atom. The van der Waals surface area contributed by atoms with E-state index in [2.05, 4.69) is 26.1 Å². The molecule has 0 bridgehead atoms. The minimum absolute atomic E-state index is 0. The van der Waals surface area contributed by atoms with Gasteiger partial charge in [-0.05, 0) is 19.3 Å². The van der Waals surface area contributed by atoms with E-state index in [4.69, 9.17) is 28.2 Å². The number of hydrogen-bond acceptors (Lipinski definition) is 15. The van der Waals surface area contributed by atoms with E-state index in [0.717, 1.165) is 103 Å². The van der Waals surface area contributed by atoms with Gasteiger partial charge in [-0.1, -0.05) is 175 Å². The van der Waals surface area contributed by atoms with Crippen LogP contribution < -0.4 is 39.8 Å². The van der Waals surface area contributed by atoms with Crippen LogP contribution in [0.2, 0.25) is 0 Å². The maximum atomic E-state index is 13.7. The molecule has 0 aromatic heterocycles. The van der Waals surface area contributed by atoms with Gasteiger partial charge in [-0.3, -0.25) is 18.9 Å². The second-order valence-corrected chi connectivity index (χ2v) is 19.5. The minimum atomic E-state index is -5.66. The number of amides is 1. The molecule has 0 aromatic rings. The van der Waals surface area contributed by atoms with E-state index in [1.54, 1.807) is 0 Å². The summed E-state index contributed by atoms with van der Waals surface area (Å²) in [5.41, 5.74) is 0. The molecule has 1 unspecified atom stereocenters. The van der Waals surface area contributed by atoms with Crippen molar-refractivity contribution in [3.63, 3.8) is 0 Å². The molecule has 0 saturated carbocycles. The summed E-state index contributed by atoms with van der Waals surface area (Å²) in [5, 5.41) is 43.9. The van der Waals surface area contributed by atoms with Crippen molar-refractivity contribution >= 4 is 25.7 Å². The first-order chi connectivity index (χ1) is 31.8. The molecule has 19 heteroatoms. The van der Waals surface area contributed by atoms with Crippen LogP contribution in [0.5, 0.6) is 0 Å². The maximum Gasteiger partial charge on any atom is 1.00 e. The van der Waals surface area contributed by atoms with Gasteiger partial charge in [0.2, 0.25) is 12.2 Å². The first-order valence-electron chi connectivity index (χ1n) is 25.7. The quantitative estimate of drug-likeness (QED) is 0.0219. The van der Waals surface area contributed by atoms with E-state index < -0.39 is 100 Å². The van der Waals surface area contributed by atoms with E-state index in [1.807, 2.05) is 0 Å². The Bertz CT molecular complexity index is 1330. The first kappa shape index (κ1) is 64.3. The Morgan fingerprint density at radius 3 is 1.39 bits per heavy atom. The van der Waals surface area contributed by atoms with Crippen molar-refractivity contribution in [1.29, 1.82) is 0 Å².